The number of halogens is 2. The molecule has 6 heteroatoms. The molecule has 0 amide bonds. The third-order valence-electron chi connectivity index (χ3n) is 2.28. The average molecular weight is 315 g/mol. The van der Waals surface area contributed by atoms with Gasteiger partial charge in [-0.25, -0.2) is 9.97 Å². The molecule has 0 spiro atoms. The first-order chi connectivity index (χ1) is 9.19. The van der Waals surface area contributed by atoms with Gasteiger partial charge in [-0.2, -0.15) is 0 Å². The normalized spacial score (nSPS) is 10.7. The lowest BCUT2D eigenvalue weighted by Gasteiger charge is -2.05. The zero-order valence-corrected chi connectivity index (χ0v) is 12.6. The van der Waals surface area contributed by atoms with Crippen molar-refractivity contribution >= 4 is 35.0 Å². The summed E-state index contributed by atoms with van der Waals surface area (Å²) in [5, 5.41) is 1.16. The SMILES string of the molecule is COCc1cc(Cl)nc(CSc2ccccc2Cl)n1. The van der Waals surface area contributed by atoms with Crippen LogP contribution in [0.15, 0.2) is 35.2 Å². The number of aromatic nitrogens is 2. The second-order valence-corrected chi connectivity index (χ2v) is 5.56. The minimum absolute atomic E-state index is 0.423. The first kappa shape index (κ1) is 14.6. The molecule has 0 unspecified atom stereocenters. The molecule has 1 aromatic heterocycles. The summed E-state index contributed by atoms with van der Waals surface area (Å²) < 4.78 is 5.04. The van der Waals surface area contributed by atoms with Gasteiger partial charge in [0.25, 0.3) is 0 Å². The zero-order valence-electron chi connectivity index (χ0n) is 10.3. The van der Waals surface area contributed by atoms with E-state index < -0.39 is 0 Å². The molecule has 0 aliphatic carbocycles. The summed E-state index contributed by atoms with van der Waals surface area (Å²) >= 11 is 13.6. The summed E-state index contributed by atoms with van der Waals surface area (Å²) in [4.78, 5) is 9.58. The maximum atomic E-state index is 6.10. The van der Waals surface area contributed by atoms with Crippen molar-refractivity contribution in [3.8, 4) is 0 Å². The summed E-state index contributed by atoms with van der Waals surface area (Å²) in [5.74, 6) is 1.28. The lowest BCUT2D eigenvalue weighted by Crippen LogP contribution is -1.99. The summed E-state index contributed by atoms with van der Waals surface area (Å²) in [6.07, 6.45) is 0. The van der Waals surface area contributed by atoms with Crippen LogP contribution in [0.2, 0.25) is 10.2 Å². The molecule has 0 saturated heterocycles. The van der Waals surface area contributed by atoms with Gasteiger partial charge in [0.2, 0.25) is 0 Å². The average Bonchev–Trinajstić information content (AvgIpc) is 2.37. The fourth-order valence-electron chi connectivity index (χ4n) is 1.51. The number of hydrogen-bond acceptors (Lipinski definition) is 4. The van der Waals surface area contributed by atoms with Gasteiger partial charge in [0.1, 0.15) is 11.0 Å². The van der Waals surface area contributed by atoms with E-state index >= 15 is 0 Å². The van der Waals surface area contributed by atoms with Gasteiger partial charge in [0.05, 0.1) is 23.1 Å². The van der Waals surface area contributed by atoms with Crippen LogP contribution in [-0.2, 0) is 17.1 Å². The molecule has 1 heterocycles. The Morgan fingerprint density at radius 2 is 2.00 bits per heavy atom. The second-order valence-electron chi connectivity index (χ2n) is 3.75. The van der Waals surface area contributed by atoms with Crippen LogP contribution in [0.1, 0.15) is 11.5 Å². The summed E-state index contributed by atoms with van der Waals surface area (Å²) in [5.41, 5.74) is 0.775. The minimum atomic E-state index is 0.423. The van der Waals surface area contributed by atoms with Crippen molar-refractivity contribution < 1.29 is 4.74 Å². The van der Waals surface area contributed by atoms with Gasteiger partial charge in [-0.05, 0) is 18.2 Å². The lowest BCUT2D eigenvalue weighted by atomic mass is 10.4. The molecule has 0 atom stereocenters. The van der Waals surface area contributed by atoms with Crippen LogP contribution in [0.5, 0.6) is 0 Å². The van der Waals surface area contributed by atoms with Gasteiger partial charge in [-0.1, -0.05) is 35.3 Å². The van der Waals surface area contributed by atoms with Crippen LogP contribution in [0.25, 0.3) is 0 Å². The summed E-state index contributed by atoms with van der Waals surface area (Å²) in [6.45, 7) is 0.423. The third kappa shape index (κ3) is 4.35. The van der Waals surface area contributed by atoms with E-state index in [1.54, 1.807) is 24.9 Å². The first-order valence-corrected chi connectivity index (χ1v) is 7.32. The van der Waals surface area contributed by atoms with E-state index in [0.29, 0.717) is 23.3 Å². The molecule has 2 aromatic rings. The Bertz CT molecular complexity index is 566. The molecule has 0 bridgehead atoms. The molecule has 2 rings (SSSR count). The molecule has 19 heavy (non-hydrogen) atoms. The Labute approximate surface area is 126 Å². The van der Waals surface area contributed by atoms with E-state index in [1.165, 1.54) is 0 Å². The van der Waals surface area contributed by atoms with Gasteiger partial charge < -0.3 is 4.74 Å². The molecule has 0 aliphatic rings. The van der Waals surface area contributed by atoms with Gasteiger partial charge in [-0.15, -0.1) is 11.8 Å². The fraction of sp³-hybridized carbons (Fsp3) is 0.231. The highest BCUT2D eigenvalue weighted by Gasteiger charge is 2.06. The van der Waals surface area contributed by atoms with E-state index in [1.807, 2.05) is 24.3 Å². The highest BCUT2D eigenvalue weighted by Crippen LogP contribution is 2.28. The maximum absolute atomic E-state index is 6.10. The predicted molar refractivity (Wildman–Crippen MR) is 78.8 cm³/mol. The van der Waals surface area contributed by atoms with Gasteiger partial charge in [-0.3, -0.25) is 0 Å². The molecule has 0 aliphatic heterocycles. The van der Waals surface area contributed by atoms with Crippen molar-refractivity contribution in [3.05, 3.63) is 52.0 Å². The fourth-order valence-corrected chi connectivity index (χ4v) is 2.82. The van der Waals surface area contributed by atoms with Crippen molar-refractivity contribution in [2.75, 3.05) is 7.11 Å². The predicted octanol–water partition coefficient (Wildman–Crippen LogP) is 4.22. The van der Waals surface area contributed by atoms with Crippen molar-refractivity contribution in [2.45, 2.75) is 17.3 Å². The highest BCUT2D eigenvalue weighted by molar-refractivity contribution is 7.98. The third-order valence-corrected chi connectivity index (χ3v) is 3.98. The minimum Gasteiger partial charge on any atom is -0.378 e. The Morgan fingerprint density at radius 3 is 2.74 bits per heavy atom. The molecule has 0 radical (unpaired) electrons. The largest absolute Gasteiger partial charge is 0.378 e. The van der Waals surface area contributed by atoms with Gasteiger partial charge in [0.15, 0.2) is 0 Å². The number of benzene rings is 1. The quantitative estimate of drug-likeness (QED) is 0.611. The maximum Gasteiger partial charge on any atom is 0.140 e. The number of thioether (sulfide) groups is 1. The number of rotatable bonds is 5. The summed E-state index contributed by atoms with van der Waals surface area (Å²) in [7, 11) is 1.62. The van der Waals surface area contributed by atoms with E-state index in [2.05, 4.69) is 9.97 Å². The number of hydrogen-bond donors (Lipinski definition) is 0. The molecule has 100 valence electrons. The molecule has 0 N–H and O–H groups in total. The van der Waals surface area contributed by atoms with Crippen molar-refractivity contribution in [1.29, 1.82) is 0 Å². The van der Waals surface area contributed by atoms with E-state index in [0.717, 1.165) is 15.6 Å². The number of methoxy groups -OCH3 is 1. The van der Waals surface area contributed by atoms with Crippen molar-refractivity contribution in [3.63, 3.8) is 0 Å². The Kier molecular flexibility index (Phi) is 5.45. The van der Waals surface area contributed by atoms with Crippen molar-refractivity contribution in [1.82, 2.24) is 9.97 Å². The molecule has 0 saturated carbocycles. The zero-order chi connectivity index (χ0) is 13.7. The second kappa shape index (κ2) is 7.10. The van der Waals surface area contributed by atoms with Crippen LogP contribution < -0.4 is 0 Å². The van der Waals surface area contributed by atoms with Crippen LogP contribution in [0.4, 0.5) is 0 Å². The molecule has 3 nitrogen and oxygen atoms in total. The molecule has 0 fully saturated rings. The lowest BCUT2D eigenvalue weighted by molar-refractivity contribution is 0.181. The van der Waals surface area contributed by atoms with Crippen LogP contribution in [-0.4, -0.2) is 17.1 Å². The standard InChI is InChI=1S/C13H12Cl2N2OS/c1-18-7-9-6-12(15)17-13(16-9)8-19-11-5-3-2-4-10(11)14/h2-6H,7-8H2,1H3. The number of nitrogens with zero attached hydrogens (tertiary/aromatic N) is 2. The van der Waals surface area contributed by atoms with Gasteiger partial charge in [0, 0.05) is 12.0 Å². The number of ether oxygens (including phenoxy) is 1. The molecule has 1 aromatic carbocycles. The summed E-state index contributed by atoms with van der Waals surface area (Å²) in [6, 6.07) is 9.38. The Balaban J connectivity index is 2.09. The van der Waals surface area contributed by atoms with Crippen molar-refractivity contribution in [2.24, 2.45) is 0 Å². The van der Waals surface area contributed by atoms with Crippen LogP contribution >= 0.6 is 35.0 Å². The highest BCUT2D eigenvalue weighted by atomic mass is 35.5. The van der Waals surface area contributed by atoms with E-state index in [-0.39, 0.29) is 0 Å². The smallest absolute Gasteiger partial charge is 0.140 e. The topological polar surface area (TPSA) is 35.0 Å². The van der Waals surface area contributed by atoms with E-state index in [4.69, 9.17) is 27.9 Å². The van der Waals surface area contributed by atoms with Crippen LogP contribution in [0.3, 0.4) is 0 Å². The Hall–Kier alpha value is -0.810. The molecular weight excluding hydrogens is 303 g/mol. The molecular formula is C13H12Cl2N2OS. The first-order valence-electron chi connectivity index (χ1n) is 5.57. The van der Waals surface area contributed by atoms with E-state index in [9.17, 15) is 0 Å². The van der Waals surface area contributed by atoms with Crippen LogP contribution in [0, 0.1) is 0 Å². The monoisotopic (exact) mass is 314 g/mol. The Morgan fingerprint density at radius 1 is 1.21 bits per heavy atom. The van der Waals surface area contributed by atoms with Gasteiger partial charge >= 0.3 is 0 Å².